The highest BCUT2D eigenvalue weighted by Gasteiger charge is 2.38. The molecule has 2 aliphatic carbocycles. The maximum atomic E-state index is 13.2. The van der Waals surface area contributed by atoms with Crippen molar-refractivity contribution in [1.29, 1.82) is 0 Å². The molecule has 2 bridgehead atoms. The lowest BCUT2D eigenvalue weighted by Gasteiger charge is -2.44. The maximum absolute atomic E-state index is 13.2. The number of hydrogen-bond acceptors (Lipinski definition) is 7. The second-order valence-electron chi connectivity index (χ2n) is 12.1. The first kappa shape index (κ1) is 31.9. The minimum atomic E-state index is -1.06. The molecule has 5 atom stereocenters. The van der Waals surface area contributed by atoms with E-state index < -0.39 is 35.2 Å². The number of methoxy groups -OCH3 is 1. The molecule has 3 rings (SSSR count). The Kier molecular flexibility index (Phi) is 11.1. The number of fused-ring (bicyclic) bond motifs is 2. The third kappa shape index (κ3) is 9.75. The number of allylic oxidation sites excluding steroid dienone is 1. The number of ether oxygens (including phenoxy) is 2. The average molecular weight is 573 g/mol. The number of pyridine rings is 1. The SMILES string of the molecule is COC(=O)/C=C/CC[C@H](NC(=O)OC(C)(C)C)C(=O)Nc1cccn(CC(=O)NC2C(C)CC3CCCC2C3)c1=O. The van der Waals surface area contributed by atoms with Crippen LogP contribution in [0.25, 0.3) is 0 Å². The van der Waals surface area contributed by atoms with Crippen LogP contribution in [0.1, 0.15) is 72.6 Å². The van der Waals surface area contributed by atoms with Crippen LogP contribution in [0.15, 0.2) is 35.3 Å². The highest BCUT2D eigenvalue weighted by atomic mass is 16.6. The molecule has 2 saturated carbocycles. The van der Waals surface area contributed by atoms with Crippen molar-refractivity contribution in [3.8, 4) is 0 Å². The monoisotopic (exact) mass is 572 g/mol. The standard InChI is InChI=1S/C30H44N4O7/c1-19-16-20-10-8-11-21(17-20)26(19)33-24(35)18-34-15-9-13-23(28(34)38)31-27(37)22(12-6-7-14-25(36)40-5)32-29(39)41-30(2,3)4/h7,9,13-15,19-22,26H,6,8,10-12,16-18H2,1-5H3,(H,31,37)(H,32,39)(H,33,35)/b14-7+/t19?,20?,21?,22-,26?/m0/s1. The molecule has 41 heavy (non-hydrogen) atoms. The number of carbonyl (C=O) groups excluding carboxylic acids is 4. The van der Waals surface area contributed by atoms with Crippen LogP contribution in [-0.2, 0) is 30.4 Å². The second-order valence-corrected chi connectivity index (χ2v) is 12.1. The number of esters is 1. The minimum absolute atomic E-state index is 0.0208. The van der Waals surface area contributed by atoms with Crippen LogP contribution >= 0.6 is 0 Å². The van der Waals surface area contributed by atoms with Crippen LogP contribution in [0, 0.1) is 17.8 Å². The Morgan fingerprint density at radius 2 is 1.93 bits per heavy atom. The van der Waals surface area contributed by atoms with Crippen molar-refractivity contribution in [1.82, 2.24) is 15.2 Å². The van der Waals surface area contributed by atoms with Crippen LogP contribution in [-0.4, -0.2) is 53.2 Å². The quantitative estimate of drug-likeness (QED) is 0.287. The van der Waals surface area contributed by atoms with E-state index in [4.69, 9.17) is 4.74 Å². The zero-order valence-corrected chi connectivity index (χ0v) is 24.7. The van der Waals surface area contributed by atoms with Gasteiger partial charge in [0.15, 0.2) is 0 Å². The van der Waals surface area contributed by atoms with Gasteiger partial charge in [-0.1, -0.05) is 25.8 Å². The third-order valence-electron chi connectivity index (χ3n) is 7.65. The van der Waals surface area contributed by atoms with Gasteiger partial charge in [-0.3, -0.25) is 14.4 Å². The highest BCUT2D eigenvalue weighted by Crippen LogP contribution is 2.42. The molecule has 1 heterocycles. The molecule has 1 aromatic heterocycles. The number of rotatable bonds is 10. The van der Waals surface area contributed by atoms with E-state index in [-0.39, 0.29) is 37.0 Å². The van der Waals surface area contributed by atoms with Crippen molar-refractivity contribution >= 4 is 29.6 Å². The van der Waals surface area contributed by atoms with E-state index >= 15 is 0 Å². The number of aromatic nitrogens is 1. The summed E-state index contributed by atoms with van der Waals surface area (Å²) in [6, 6.07) is 2.07. The zero-order valence-electron chi connectivity index (χ0n) is 24.7. The van der Waals surface area contributed by atoms with E-state index in [0.717, 1.165) is 25.2 Å². The summed E-state index contributed by atoms with van der Waals surface area (Å²) >= 11 is 0. The number of anilines is 1. The Hall–Kier alpha value is -3.63. The lowest BCUT2D eigenvalue weighted by Crippen LogP contribution is -2.50. The molecule has 2 aliphatic rings. The first-order valence-electron chi connectivity index (χ1n) is 14.4. The third-order valence-corrected chi connectivity index (χ3v) is 7.65. The van der Waals surface area contributed by atoms with Crippen molar-refractivity contribution < 1.29 is 28.7 Å². The Bertz CT molecular complexity index is 1180. The van der Waals surface area contributed by atoms with Gasteiger partial charge >= 0.3 is 12.1 Å². The van der Waals surface area contributed by atoms with Gasteiger partial charge in [0.05, 0.1) is 7.11 Å². The molecule has 11 heteroatoms. The van der Waals surface area contributed by atoms with Gasteiger partial charge < -0.3 is 30.0 Å². The fourth-order valence-electron chi connectivity index (χ4n) is 5.86. The molecule has 4 unspecified atom stereocenters. The lowest BCUT2D eigenvalue weighted by atomic mass is 9.65. The largest absolute Gasteiger partial charge is 0.466 e. The Morgan fingerprint density at radius 1 is 1.17 bits per heavy atom. The summed E-state index contributed by atoms with van der Waals surface area (Å²) in [6.07, 6.45) is 9.70. The first-order chi connectivity index (χ1) is 19.4. The molecular weight excluding hydrogens is 528 g/mol. The van der Waals surface area contributed by atoms with Crippen LogP contribution < -0.4 is 21.5 Å². The topological polar surface area (TPSA) is 145 Å². The van der Waals surface area contributed by atoms with E-state index in [1.54, 1.807) is 26.8 Å². The normalized spacial score (nSPS) is 22.9. The number of hydrogen-bond donors (Lipinski definition) is 3. The zero-order chi connectivity index (χ0) is 30.2. The minimum Gasteiger partial charge on any atom is -0.466 e. The second kappa shape index (κ2) is 14.3. The van der Waals surface area contributed by atoms with Gasteiger partial charge in [0.25, 0.3) is 5.56 Å². The number of nitrogens with one attached hydrogen (secondary N) is 3. The maximum Gasteiger partial charge on any atom is 0.408 e. The van der Waals surface area contributed by atoms with Crippen molar-refractivity contribution in [2.45, 2.75) is 96.9 Å². The average Bonchev–Trinajstić information content (AvgIpc) is 2.89. The molecular formula is C30H44N4O7. The number of alkyl carbamates (subject to hydrolysis) is 1. The summed E-state index contributed by atoms with van der Waals surface area (Å²) in [7, 11) is 1.25. The summed E-state index contributed by atoms with van der Waals surface area (Å²) in [5, 5.41) is 8.29. The molecule has 3 amide bonds. The van der Waals surface area contributed by atoms with Crippen LogP contribution in [0.2, 0.25) is 0 Å². The van der Waals surface area contributed by atoms with Gasteiger partial charge in [0, 0.05) is 18.3 Å². The highest BCUT2D eigenvalue weighted by molar-refractivity contribution is 5.96. The van der Waals surface area contributed by atoms with E-state index in [9.17, 15) is 24.0 Å². The molecule has 2 fully saturated rings. The lowest BCUT2D eigenvalue weighted by molar-refractivity contribution is -0.134. The molecule has 0 aliphatic heterocycles. The molecule has 0 radical (unpaired) electrons. The molecule has 11 nitrogen and oxygen atoms in total. The van der Waals surface area contributed by atoms with Gasteiger partial charge in [-0.15, -0.1) is 0 Å². The number of nitrogens with zero attached hydrogens (tertiary/aromatic N) is 1. The van der Waals surface area contributed by atoms with Crippen LogP contribution in [0.5, 0.6) is 0 Å². The summed E-state index contributed by atoms with van der Waals surface area (Å²) < 4.78 is 11.1. The summed E-state index contributed by atoms with van der Waals surface area (Å²) in [4.78, 5) is 63.0. The van der Waals surface area contributed by atoms with Crippen LogP contribution in [0.3, 0.4) is 0 Å². The van der Waals surface area contributed by atoms with E-state index in [2.05, 4.69) is 27.6 Å². The Balaban J connectivity index is 1.66. The summed E-state index contributed by atoms with van der Waals surface area (Å²) in [5.74, 6) is 0.198. The van der Waals surface area contributed by atoms with E-state index in [0.29, 0.717) is 11.8 Å². The predicted octanol–water partition coefficient (Wildman–Crippen LogP) is 3.52. The smallest absolute Gasteiger partial charge is 0.408 e. The fourth-order valence-corrected chi connectivity index (χ4v) is 5.86. The first-order valence-corrected chi connectivity index (χ1v) is 14.4. The Labute approximate surface area is 241 Å². The predicted molar refractivity (Wildman–Crippen MR) is 154 cm³/mol. The van der Waals surface area contributed by atoms with Crippen molar-refractivity contribution in [2.24, 2.45) is 17.8 Å². The van der Waals surface area contributed by atoms with Crippen molar-refractivity contribution in [3.05, 3.63) is 40.8 Å². The van der Waals surface area contributed by atoms with Crippen LogP contribution in [0.4, 0.5) is 10.5 Å². The summed E-state index contributed by atoms with van der Waals surface area (Å²) in [6.45, 7) is 7.11. The summed E-state index contributed by atoms with van der Waals surface area (Å²) in [5.41, 5.74) is -1.34. The number of carbonyl (C=O) groups is 4. The molecule has 3 N–H and O–H groups in total. The van der Waals surface area contributed by atoms with Gasteiger partial charge in [-0.25, -0.2) is 9.59 Å². The van der Waals surface area contributed by atoms with E-state index in [1.807, 2.05) is 0 Å². The van der Waals surface area contributed by atoms with Gasteiger partial charge in [-0.05, 0) is 82.8 Å². The van der Waals surface area contributed by atoms with Crippen molar-refractivity contribution in [3.63, 3.8) is 0 Å². The fraction of sp³-hybridized carbons (Fsp3) is 0.633. The molecule has 0 spiro atoms. The van der Waals surface area contributed by atoms with E-state index in [1.165, 1.54) is 48.9 Å². The van der Waals surface area contributed by atoms with Gasteiger partial charge in [0.1, 0.15) is 23.9 Å². The Morgan fingerprint density at radius 3 is 2.63 bits per heavy atom. The number of amides is 3. The van der Waals surface area contributed by atoms with Gasteiger partial charge in [-0.2, -0.15) is 0 Å². The molecule has 0 saturated heterocycles. The van der Waals surface area contributed by atoms with Gasteiger partial charge in [0.2, 0.25) is 11.8 Å². The van der Waals surface area contributed by atoms with Crippen molar-refractivity contribution in [2.75, 3.05) is 12.4 Å². The molecule has 1 aromatic rings. The molecule has 0 aromatic carbocycles. The molecule has 226 valence electrons.